The van der Waals surface area contributed by atoms with Crippen molar-refractivity contribution in [1.29, 1.82) is 0 Å². The zero-order valence-electron chi connectivity index (χ0n) is 15.4. The Morgan fingerprint density at radius 3 is 2.92 bits per heavy atom. The van der Waals surface area contributed by atoms with E-state index in [1.54, 1.807) is 18.8 Å². The van der Waals surface area contributed by atoms with E-state index in [2.05, 4.69) is 10.4 Å². The molecule has 1 aromatic heterocycles. The quantitative estimate of drug-likeness (QED) is 0.927. The third-order valence-corrected chi connectivity index (χ3v) is 4.64. The number of ether oxygens (including phenoxy) is 2. The Morgan fingerprint density at radius 1 is 1.44 bits per heavy atom. The molecule has 134 valence electrons. The molecule has 0 aliphatic carbocycles. The maximum atomic E-state index is 12.8. The number of benzene rings is 1. The van der Waals surface area contributed by atoms with E-state index < -0.39 is 0 Å². The van der Waals surface area contributed by atoms with Crippen molar-refractivity contribution in [2.75, 3.05) is 7.11 Å². The minimum atomic E-state index is -0.124. The van der Waals surface area contributed by atoms with Crippen molar-refractivity contribution in [3.05, 3.63) is 46.3 Å². The molecule has 1 aliphatic rings. The number of rotatable bonds is 4. The van der Waals surface area contributed by atoms with Gasteiger partial charge in [0.2, 0.25) is 0 Å². The Kier molecular flexibility index (Phi) is 4.81. The maximum Gasteiger partial charge on any atom is 0.270 e. The van der Waals surface area contributed by atoms with Crippen molar-refractivity contribution in [2.24, 2.45) is 7.05 Å². The zero-order valence-corrected chi connectivity index (χ0v) is 15.4. The van der Waals surface area contributed by atoms with Crippen LogP contribution < -0.4 is 10.1 Å². The van der Waals surface area contributed by atoms with Gasteiger partial charge in [-0.05, 0) is 26.3 Å². The van der Waals surface area contributed by atoms with Gasteiger partial charge < -0.3 is 14.8 Å². The summed E-state index contributed by atoms with van der Waals surface area (Å²) in [5.41, 5.74) is 4.47. The molecule has 0 fully saturated rings. The Balaban J connectivity index is 1.83. The van der Waals surface area contributed by atoms with Gasteiger partial charge in [0.25, 0.3) is 5.91 Å². The van der Waals surface area contributed by atoms with Crippen LogP contribution in [0.5, 0.6) is 5.75 Å². The molecule has 2 atom stereocenters. The molecule has 0 unspecified atom stereocenters. The van der Waals surface area contributed by atoms with Crippen molar-refractivity contribution in [3.63, 3.8) is 0 Å². The summed E-state index contributed by atoms with van der Waals surface area (Å²) in [4.78, 5) is 12.8. The Morgan fingerprint density at radius 2 is 2.20 bits per heavy atom. The van der Waals surface area contributed by atoms with Crippen LogP contribution in [0.1, 0.15) is 52.8 Å². The summed E-state index contributed by atoms with van der Waals surface area (Å²) < 4.78 is 12.9. The third kappa shape index (κ3) is 3.26. The molecule has 3 rings (SSSR count). The fourth-order valence-electron chi connectivity index (χ4n) is 3.55. The number of carbonyl (C=O) groups is 1. The van der Waals surface area contributed by atoms with Gasteiger partial charge in [-0.1, -0.05) is 18.2 Å². The summed E-state index contributed by atoms with van der Waals surface area (Å²) in [5.74, 6) is 0.687. The maximum absolute atomic E-state index is 12.8. The highest BCUT2D eigenvalue weighted by atomic mass is 16.5. The summed E-state index contributed by atoms with van der Waals surface area (Å²) in [6.07, 6.45) is 0.683. The lowest BCUT2D eigenvalue weighted by atomic mass is 9.99. The van der Waals surface area contributed by atoms with Gasteiger partial charge in [-0.2, -0.15) is 5.10 Å². The number of aromatic nitrogens is 2. The van der Waals surface area contributed by atoms with Crippen molar-refractivity contribution in [1.82, 2.24) is 15.1 Å². The van der Waals surface area contributed by atoms with Gasteiger partial charge in [0, 0.05) is 31.1 Å². The van der Waals surface area contributed by atoms with Crippen LogP contribution in [0.25, 0.3) is 0 Å². The predicted molar refractivity (Wildman–Crippen MR) is 94.8 cm³/mol. The number of hydrogen-bond donors (Lipinski definition) is 1. The van der Waals surface area contributed by atoms with E-state index in [0.717, 1.165) is 28.1 Å². The van der Waals surface area contributed by atoms with Crippen LogP contribution in [0, 0.1) is 6.92 Å². The monoisotopic (exact) mass is 343 g/mol. The molecule has 1 aromatic carbocycles. The predicted octanol–water partition coefficient (Wildman–Crippen LogP) is 2.69. The molecule has 1 amide bonds. The van der Waals surface area contributed by atoms with Gasteiger partial charge in [0.15, 0.2) is 0 Å². The van der Waals surface area contributed by atoms with Crippen molar-refractivity contribution >= 4 is 5.91 Å². The number of nitrogens with one attached hydrogen (secondary N) is 1. The highest BCUT2D eigenvalue weighted by Crippen LogP contribution is 2.31. The summed E-state index contributed by atoms with van der Waals surface area (Å²) >= 11 is 0. The molecule has 2 aromatic rings. The van der Waals surface area contributed by atoms with E-state index >= 15 is 0 Å². The van der Waals surface area contributed by atoms with E-state index in [4.69, 9.17) is 9.47 Å². The fraction of sp³-hybridized carbons (Fsp3) is 0.474. The second-order valence-electron chi connectivity index (χ2n) is 6.58. The number of aryl methyl sites for hydroxylation is 2. The van der Waals surface area contributed by atoms with E-state index in [9.17, 15) is 4.79 Å². The average Bonchev–Trinajstić information content (AvgIpc) is 2.89. The van der Waals surface area contributed by atoms with Crippen LogP contribution in [-0.4, -0.2) is 28.9 Å². The molecule has 2 heterocycles. The first kappa shape index (κ1) is 17.5. The minimum Gasteiger partial charge on any atom is -0.496 e. The minimum absolute atomic E-state index is 0.0788. The van der Waals surface area contributed by atoms with Crippen LogP contribution in [0.3, 0.4) is 0 Å². The molecule has 0 spiro atoms. The molecular weight excluding hydrogens is 318 g/mol. The van der Waals surface area contributed by atoms with E-state index in [1.807, 2.05) is 39.0 Å². The highest BCUT2D eigenvalue weighted by molar-refractivity contribution is 5.94. The third-order valence-electron chi connectivity index (χ3n) is 4.64. The molecule has 6 nitrogen and oxygen atoms in total. The molecule has 0 bridgehead atoms. The lowest BCUT2D eigenvalue weighted by molar-refractivity contribution is -0.00710. The normalized spacial score (nSPS) is 19.4. The molecule has 0 saturated heterocycles. The first-order chi connectivity index (χ1) is 11.9. The second kappa shape index (κ2) is 6.88. The molecule has 6 heteroatoms. The molecule has 25 heavy (non-hydrogen) atoms. The molecule has 1 N–H and O–H groups in total. The Bertz CT molecular complexity index is 797. The van der Waals surface area contributed by atoms with E-state index in [0.29, 0.717) is 18.7 Å². The van der Waals surface area contributed by atoms with Crippen molar-refractivity contribution in [3.8, 4) is 5.75 Å². The number of nitrogens with zero attached hydrogens (tertiary/aromatic N) is 2. The van der Waals surface area contributed by atoms with Crippen LogP contribution in [0.4, 0.5) is 0 Å². The highest BCUT2D eigenvalue weighted by Gasteiger charge is 2.31. The first-order valence-electron chi connectivity index (χ1n) is 8.54. The Labute approximate surface area is 148 Å². The zero-order chi connectivity index (χ0) is 18.1. The van der Waals surface area contributed by atoms with Gasteiger partial charge >= 0.3 is 0 Å². The summed E-state index contributed by atoms with van der Waals surface area (Å²) in [6.45, 7) is 6.39. The second-order valence-corrected chi connectivity index (χ2v) is 6.58. The number of hydrogen-bond acceptors (Lipinski definition) is 4. The number of methoxy groups -OCH3 is 1. The van der Waals surface area contributed by atoms with Crippen LogP contribution >= 0.6 is 0 Å². The SMILES string of the molecule is COc1c(C)cccc1CNC(=O)c1c2c(nn1C)[C@H](C)O[C@H](C)C2. The lowest BCUT2D eigenvalue weighted by Gasteiger charge is -2.24. The average molecular weight is 343 g/mol. The largest absolute Gasteiger partial charge is 0.496 e. The molecular formula is C19H25N3O3. The number of amides is 1. The van der Waals surface area contributed by atoms with Crippen LogP contribution in [-0.2, 0) is 24.8 Å². The Hall–Kier alpha value is -2.34. The van der Waals surface area contributed by atoms with Gasteiger partial charge in [-0.15, -0.1) is 0 Å². The van der Waals surface area contributed by atoms with Crippen molar-refractivity contribution in [2.45, 2.75) is 45.9 Å². The van der Waals surface area contributed by atoms with E-state index in [1.165, 1.54) is 0 Å². The van der Waals surface area contributed by atoms with Gasteiger partial charge in [0.05, 0.1) is 25.0 Å². The number of para-hydroxylation sites is 1. The van der Waals surface area contributed by atoms with E-state index in [-0.39, 0.29) is 18.1 Å². The van der Waals surface area contributed by atoms with Gasteiger partial charge in [-0.3, -0.25) is 9.48 Å². The number of fused-ring (bicyclic) bond motifs is 1. The lowest BCUT2D eigenvalue weighted by Crippen LogP contribution is -2.28. The molecule has 0 radical (unpaired) electrons. The standard InChI is InChI=1S/C19H25N3O3/c1-11-7-6-8-14(18(11)24-5)10-20-19(23)17-15-9-12(2)25-13(3)16(15)21-22(17)4/h6-8,12-13H,9-10H2,1-5H3,(H,20,23)/t12-,13+/m1/s1. The topological polar surface area (TPSA) is 65.4 Å². The van der Waals surface area contributed by atoms with Crippen LogP contribution in [0.15, 0.2) is 18.2 Å². The van der Waals surface area contributed by atoms with Gasteiger partial charge in [-0.25, -0.2) is 0 Å². The summed E-state index contributed by atoms with van der Waals surface area (Å²) in [6, 6.07) is 5.92. The smallest absolute Gasteiger partial charge is 0.270 e. The van der Waals surface area contributed by atoms with Crippen molar-refractivity contribution < 1.29 is 14.3 Å². The first-order valence-corrected chi connectivity index (χ1v) is 8.54. The molecule has 0 saturated carbocycles. The summed E-state index contributed by atoms with van der Waals surface area (Å²) in [7, 11) is 3.45. The van der Waals surface area contributed by atoms with Crippen LogP contribution in [0.2, 0.25) is 0 Å². The van der Waals surface area contributed by atoms with Gasteiger partial charge in [0.1, 0.15) is 11.4 Å². The fourth-order valence-corrected chi connectivity index (χ4v) is 3.55. The summed E-state index contributed by atoms with van der Waals surface area (Å²) in [5, 5.41) is 7.50. The number of carbonyl (C=O) groups excluding carboxylic acids is 1. The molecule has 1 aliphatic heterocycles.